The summed E-state index contributed by atoms with van der Waals surface area (Å²) in [7, 11) is -3.93. The summed E-state index contributed by atoms with van der Waals surface area (Å²) >= 11 is 0. The van der Waals surface area contributed by atoms with Crippen molar-refractivity contribution in [2.24, 2.45) is 0 Å². The standard InChI is InChI=1S/C16H23F3N2O2S/c1-13-6-2-3-10-21(13)11-5-9-20-24(22,23)15-8-4-7-14(12-15)16(17,18)19/h4,7-8,12-13,20H,2-3,5-6,9-11H2,1H3. The third-order valence-corrected chi connectivity index (χ3v) is 5.79. The van der Waals surface area contributed by atoms with Crippen LogP contribution in [-0.4, -0.2) is 39.0 Å². The number of nitrogens with zero attached hydrogens (tertiary/aromatic N) is 1. The molecule has 1 heterocycles. The Balaban J connectivity index is 1.89. The zero-order valence-corrected chi connectivity index (χ0v) is 14.5. The molecule has 1 saturated heterocycles. The van der Waals surface area contributed by atoms with Crippen molar-refractivity contribution in [1.29, 1.82) is 0 Å². The van der Waals surface area contributed by atoms with Crippen LogP contribution in [0.3, 0.4) is 0 Å². The molecule has 4 nitrogen and oxygen atoms in total. The fourth-order valence-corrected chi connectivity index (χ4v) is 4.02. The van der Waals surface area contributed by atoms with Crippen molar-refractivity contribution in [3.8, 4) is 0 Å². The Morgan fingerprint density at radius 3 is 2.71 bits per heavy atom. The molecule has 1 aromatic rings. The number of piperidine rings is 1. The van der Waals surface area contributed by atoms with Crippen molar-refractivity contribution >= 4 is 10.0 Å². The molecule has 0 amide bonds. The minimum absolute atomic E-state index is 0.210. The molecular weight excluding hydrogens is 341 g/mol. The van der Waals surface area contributed by atoms with Crippen molar-refractivity contribution in [1.82, 2.24) is 9.62 Å². The van der Waals surface area contributed by atoms with E-state index in [1.54, 1.807) is 0 Å². The van der Waals surface area contributed by atoms with Crippen LogP contribution in [0.15, 0.2) is 29.2 Å². The SMILES string of the molecule is CC1CCCCN1CCCNS(=O)(=O)c1cccc(C(F)(F)F)c1. The third kappa shape index (κ3) is 5.19. The average molecular weight is 364 g/mol. The lowest BCUT2D eigenvalue weighted by Crippen LogP contribution is -2.39. The number of benzene rings is 1. The second kappa shape index (κ2) is 7.84. The van der Waals surface area contributed by atoms with Crippen LogP contribution >= 0.6 is 0 Å². The van der Waals surface area contributed by atoms with Crippen molar-refractivity contribution in [3.05, 3.63) is 29.8 Å². The molecule has 8 heteroatoms. The van der Waals surface area contributed by atoms with Gasteiger partial charge in [0.1, 0.15) is 0 Å². The summed E-state index contributed by atoms with van der Waals surface area (Å²) in [6.07, 6.45) is -0.408. The molecule has 1 aliphatic rings. The average Bonchev–Trinajstić information content (AvgIpc) is 2.52. The first kappa shape index (κ1) is 19.2. The van der Waals surface area contributed by atoms with Gasteiger partial charge < -0.3 is 4.90 Å². The Bertz CT molecular complexity index is 647. The van der Waals surface area contributed by atoms with Crippen LogP contribution in [0, 0.1) is 0 Å². The van der Waals surface area contributed by atoms with E-state index in [0.29, 0.717) is 18.5 Å². The highest BCUT2D eigenvalue weighted by Gasteiger charge is 2.31. The maximum Gasteiger partial charge on any atom is 0.416 e. The highest BCUT2D eigenvalue weighted by Crippen LogP contribution is 2.30. The van der Waals surface area contributed by atoms with Gasteiger partial charge in [-0.15, -0.1) is 0 Å². The summed E-state index contributed by atoms with van der Waals surface area (Å²) in [4.78, 5) is 1.96. The molecule has 0 radical (unpaired) electrons. The molecule has 0 bridgehead atoms. The number of hydrogen-bond donors (Lipinski definition) is 1. The molecule has 0 saturated carbocycles. The number of nitrogens with one attached hydrogen (secondary N) is 1. The summed E-state index contributed by atoms with van der Waals surface area (Å²) in [5.74, 6) is 0. The number of sulfonamides is 1. The monoisotopic (exact) mass is 364 g/mol. The number of alkyl halides is 3. The van der Waals surface area contributed by atoms with Gasteiger partial charge in [0.15, 0.2) is 0 Å². The molecule has 1 atom stereocenters. The van der Waals surface area contributed by atoms with E-state index in [4.69, 9.17) is 0 Å². The van der Waals surface area contributed by atoms with Crippen molar-refractivity contribution < 1.29 is 21.6 Å². The molecule has 1 aliphatic heterocycles. The van der Waals surface area contributed by atoms with E-state index in [1.807, 2.05) is 0 Å². The van der Waals surface area contributed by atoms with Crippen LogP contribution in [0.25, 0.3) is 0 Å². The second-order valence-electron chi connectivity index (χ2n) is 6.16. The van der Waals surface area contributed by atoms with Gasteiger partial charge in [-0.3, -0.25) is 0 Å². The van der Waals surface area contributed by atoms with E-state index in [1.165, 1.54) is 12.5 Å². The quantitative estimate of drug-likeness (QED) is 0.789. The predicted octanol–water partition coefficient (Wildman–Crippen LogP) is 3.25. The van der Waals surface area contributed by atoms with Crippen molar-refractivity contribution in [2.75, 3.05) is 19.6 Å². The third-order valence-electron chi connectivity index (χ3n) is 4.33. The zero-order valence-electron chi connectivity index (χ0n) is 13.6. The number of hydrogen-bond acceptors (Lipinski definition) is 3. The van der Waals surface area contributed by atoms with Crippen LogP contribution in [0.4, 0.5) is 13.2 Å². The molecule has 1 N–H and O–H groups in total. The molecule has 0 aliphatic carbocycles. The Hall–Kier alpha value is -1.12. The van der Waals surface area contributed by atoms with Crippen LogP contribution < -0.4 is 4.72 Å². The molecule has 1 fully saturated rings. The van der Waals surface area contributed by atoms with E-state index in [2.05, 4.69) is 16.5 Å². The van der Waals surface area contributed by atoms with Crippen molar-refractivity contribution in [2.45, 2.75) is 49.7 Å². The number of halogens is 3. The summed E-state index contributed by atoms with van der Waals surface area (Å²) in [6.45, 7) is 4.17. The number of likely N-dealkylation sites (tertiary alicyclic amines) is 1. The summed E-state index contributed by atoms with van der Waals surface area (Å²) in [5, 5.41) is 0. The van der Waals surface area contributed by atoms with E-state index >= 15 is 0 Å². The van der Waals surface area contributed by atoms with Crippen LogP contribution in [-0.2, 0) is 16.2 Å². The highest BCUT2D eigenvalue weighted by atomic mass is 32.2. The fraction of sp³-hybridized carbons (Fsp3) is 0.625. The molecule has 0 spiro atoms. The Kier molecular flexibility index (Phi) is 6.28. The summed E-state index contributed by atoms with van der Waals surface area (Å²) < 4.78 is 64.7. The summed E-state index contributed by atoms with van der Waals surface area (Å²) in [6, 6.07) is 4.29. The predicted molar refractivity (Wildman–Crippen MR) is 86.1 cm³/mol. The van der Waals surface area contributed by atoms with Gasteiger partial charge in [-0.1, -0.05) is 12.5 Å². The zero-order chi connectivity index (χ0) is 17.8. The van der Waals surface area contributed by atoms with Gasteiger partial charge in [0.05, 0.1) is 10.5 Å². The van der Waals surface area contributed by atoms with Gasteiger partial charge in [0.25, 0.3) is 0 Å². The van der Waals surface area contributed by atoms with Gasteiger partial charge in [-0.25, -0.2) is 13.1 Å². The maximum absolute atomic E-state index is 12.7. The Morgan fingerprint density at radius 2 is 2.04 bits per heavy atom. The van der Waals surface area contributed by atoms with E-state index < -0.39 is 21.8 Å². The minimum atomic E-state index is -4.56. The van der Waals surface area contributed by atoms with Gasteiger partial charge in [0.2, 0.25) is 10.0 Å². The second-order valence-corrected chi connectivity index (χ2v) is 7.92. The van der Waals surface area contributed by atoms with Gasteiger partial charge >= 0.3 is 6.18 Å². The van der Waals surface area contributed by atoms with Gasteiger partial charge in [-0.2, -0.15) is 13.2 Å². The lowest BCUT2D eigenvalue weighted by molar-refractivity contribution is -0.137. The minimum Gasteiger partial charge on any atom is -0.301 e. The highest BCUT2D eigenvalue weighted by molar-refractivity contribution is 7.89. The normalized spacial score (nSPS) is 20.2. The number of rotatable bonds is 6. The lowest BCUT2D eigenvalue weighted by Gasteiger charge is -2.33. The molecule has 1 unspecified atom stereocenters. The van der Waals surface area contributed by atoms with E-state index in [9.17, 15) is 21.6 Å². The first-order valence-corrected chi connectivity index (χ1v) is 9.59. The molecule has 24 heavy (non-hydrogen) atoms. The summed E-state index contributed by atoms with van der Waals surface area (Å²) in [5.41, 5.74) is -0.965. The van der Waals surface area contributed by atoms with E-state index in [-0.39, 0.29) is 11.4 Å². The smallest absolute Gasteiger partial charge is 0.301 e. The topological polar surface area (TPSA) is 49.4 Å². The van der Waals surface area contributed by atoms with Crippen LogP contribution in [0.1, 0.15) is 38.2 Å². The molecular formula is C16H23F3N2O2S. The molecule has 2 rings (SSSR count). The fourth-order valence-electron chi connectivity index (χ4n) is 2.90. The van der Waals surface area contributed by atoms with Crippen LogP contribution in [0.5, 0.6) is 0 Å². The van der Waals surface area contributed by atoms with Gasteiger partial charge in [-0.05, 0) is 57.5 Å². The van der Waals surface area contributed by atoms with Crippen LogP contribution in [0.2, 0.25) is 0 Å². The Labute approximate surface area is 141 Å². The maximum atomic E-state index is 12.7. The van der Waals surface area contributed by atoms with Gasteiger partial charge in [0, 0.05) is 12.6 Å². The Morgan fingerprint density at radius 1 is 1.29 bits per heavy atom. The lowest BCUT2D eigenvalue weighted by atomic mass is 10.0. The van der Waals surface area contributed by atoms with Crippen molar-refractivity contribution in [3.63, 3.8) is 0 Å². The first-order chi connectivity index (χ1) is 11.2. The molecule has 0 aromatic heterocycles. The molecule has 136 valence electrons. The molecule has 1 aromatic carbocycles. The first-order valence-electron chi connectivity index (χ1n) is 8.11. The largest absolute Gasteiger partial charge is 0.416 e. The van der Waals surface area contributed by atoms with E-state index in [0.717, 1.165) is 38.1 Å².